The van der Waals surface area contributed by atoms with Crippen LogP contribution in [0, 0.1) is 12.8 Å². The summed E-state index contributed by atoms with van der Waals surface area (Å²) in [7, 11) is 0. The van der Waals surface area contributed by atoms with Gasteiger partial charge in [0.15, 0.2) is 5.69 Å². The molecule has 0 spiro atoms. The Labute approximate surface area is 161 Å². The Kier molecular flexibility index (Phi) is 6.54. The first kappa shape index (κ1) is 21.2. The summed E-state index contributed by atoms with van der Waals surface area (Å²) in [5.41, 5.74) is -0.563. The highest BCUT2D eigenvalue weighted by atomic mass is 35.5. The standard InChI is InChI=1S/C18H21F3N4O.ClH/c1-11-5-3-4-6-15(11)25-16(18(19,20)21)13(10-23-25)17(26)24-14-7-8-22-9-12(14)2;/h3-6,10,12,14,22H,7-9H2,1-2H3,(H,24,26);1H. The first-order valence-corrected chi connectivity index (χ1v) is 8.52. The highest BCUT2D eigenvalue weighted by Crippen LogP contribution is 2.34. The van der Waals surface area contributed by atoms with Crippen LogP contribution in [0.3, 0.4) is 0 Å². The molecule has 3 rings (SSSR count). The Morgan fingerprint density at radius 3 is 2.67 bits per heavy atom. The van der Waals surface area contributed by atoms with Gasteiger partial charge < -0.3 is 10.6 Å². The predicted molar refractivity (Wildman–Crippen MR) is 98.5 cm³/mol. The number of rotatable bonds is 3. The van der Waals surface area contributed by atoms with Crippen LogP contribution in [0.25, 0.3) is 5.69 Å². The quantitative estimate of drug-likeness (QED) is 0.827. The predicted octanol–water partition coefficient (Wildman–Crippen LogP) is 3.35. The zero-order chi connectivity index (χ0) is 18.9. The summed E-state index contributed by atoms with van der Waals surface area (Å²) in [5, 5.41) is 9.81. The van der Waals surface area contributed by atoms with Crippen LogP contribution in [0.1, 0.15) is 35.0 Å². The van der Waals surface area contributed by atoms with Gasteiger partial charge in [-0.2, -0.15) is 18.3 Å². The van der Waals surface area contributed by atoms with Crippen molar-refractivity contribution >= 4 is 18.3 Å². The molecular weight excluding hydrogens is 381 g/mol. The molecular formula is C18H22ClF3N4O. The van der Waals surface area contributed by atoms with Crippen molar-refractivity contribution in [1.82, 2.24) is 20.4 Å². The van der Waals surface area contributed by atoms with Gasteiger partial charge in [0.1, 0.15) is 0 Å². The normalized spacial score (nSPS) is 20.0. The van der Waals surface area contributed by atoms with Gasteiger partial charge in [-0.3, -0.25) is 4.79 Å². The summed E-state index contributed by atoms with van der Waals surface area (Å²) in [5.74, 6) is -0.593. The van der Waals surface area contributed by atoms with E-state index >= 15 is 0 Å². The molecule has 0 bridgehead atoms. The van der Waals surface area contributed by atoms with E-state index in [0.717, 1.165) is 24.0 Å². The highest BCUT2D eigenvalue weighted by Gasteiger charge is 2.41. The van der Waals surface area contributed by atoms with Gasteiger partial charge in [0.2, 0.25) is 0 Å². The van der Waals surface area contributed by atoms with E-state index < -0.39 is 23.3 Å². The molecule has 1 fully saturated rings. The van der Waals surface area contributed by atoms with Crippen molar-refractivity contribution in [1.29, 1.82) is 0 Å². The smallest absolute Gasteiger partial charge is 0.349 e. The van der Waals surface area contributed by atoms with Gasteiger partial charge in [-0.15, -0.1) is 12.4 Å². The first-order valence-electron chi connectivity index (χ1n) is 8.52. The molecule has 2 N–H and O–H groups in total. The van der Waals surface area contributed by atoms with Crippen LogP contribution in [0.2, 0.25) is 0 Å². The number of benzene rings is 1. The fourth-order valence-corrected chi connectivity index (χ4v) is 3.25. The van der Waals surface area contributed by atoms with E-state index in [9.17, 15) is 18.0 Å². The largest absolute Gasteiger partial charge is 0.434 e. The van der Waals surface area contributed by atoms with E-state index in [1.165, 1.54) is 0 Å². The second-order valence-corrected chi connectivity index (χ2v) is 6.65. The molecule has 2 atom stereocenters. The van der Waals surface area contributed by atoms with Gasteiger partial charge in [-0.1, -0.05) is 25.1 Å². The zero-order valence-corrected chi connectivity index (χ0v) is 15.8. The number of nitrogens with one attached hydrogen (secondary N) is 2. The number of alkyl halides is 3. The van der Waals surface area contributed by atoms with Crippen LogP contribution < -0.4 is 10.6 Å². The third kappa shape index (κ3) is 4.44. The molecule has 0 saturated carbocycles. The van der Waals surface area contributed by atoms with E-state index in [-0.39, 0.29) is 24.4 Å². The maximum atomic E-state index is 13.7. The number of aryl methyl sites for hydroxylation is 1. The molecule has 0 radical (unpaired) electrons. The van der Waals surface area contributed by atoms with Crippen molar-refractivity contribution < 1.29 is 18.0 Å². The van der Waals surface area contributed by atoms with Crippen molar-refractivity contribution in [2.24, 2.45) is 5.92 Å². The number of hydrogen-bond donors (Lipinski definition) is 2. The topological polar surface area (TPSA) is 59.0 Å². The molecule has 9 heteroatoms. The minimum atomic E-state index is -4.70. The summed E-state index contributed by atoms with van der Waals surface area (Å²) < 4.78 is 42.0. The van der Waals surface area contributed by atoms with Crippen LogP contribution in [-0.4, -0.2) is 34.8 Å². The molecule has 27 heavy (non-hydrogen) atoms. The van der Waals surface area contributed by atoms with Gasteiger partial charge in [0.05, 0.1) is 17.4 Å². The lowest BCUT2D eigenvalue weighted by atomic mass is 9.95. The lowest BCUT2D eigenvalue weighted by Gasteiger charge is -2.30. The van der Waals surface area contributed by atoms with Crippen LogP contribution in [0.4, 0.5) is 13.2 Å². The number of carbonyl (C=O) groups excluding carboxylic acids is 1. The van der Waals surface area contributed by atoms with Gasteiger partial charge in [0.25, 0.3) is 5.91 Å². The number of amides is 1. The Morgan fingerprint density at radius 2 is 2.04 bits per heavy atom. The summed E-state index contributed by atoms with van der Waals surface area (Å²) in [6.45, 7) is 5.11. The minimum absolute atomic E-state index is 0. The van der Waals surface area contributed by atoms with Crippen molar-refractivity contribution in [3.05, 3.63) is 47.3 Å². The van der Waals surface area contributed by atoms with Crippen molar-refractivity contribution in [3.63, 3.8) is 0 Å². The summed E-state index contributed by atoms with van der Waals surface area (Å²) in [4.78, 5) is 12.6. The fraction of sp³-hybridized carbons (Fsp3) is 0.444. The molecule has 1 aromatic carbocycles. The van der Waals surface area contributed by atoms with Crippen LogP contribution in [0.15, 0.2) is 30.5 Å². The number of para-hydroxylation sites is 1. The molecule has 0 aliphatic carbocycles. The van der Waals surface area contributed by atoms with Crippen molar-refractivity contribution in [2.75, 3.05) is 13.1 Å². The fourth-order valence-electron chi connectivity index (χ4n) is 3.25. The second-order valence-electron chi connectivity index (χ2n) is 6.65. The average molecular weight is 403 g/mol. The molecule has 1 aromatic heterocycles. The zero-order valence-electron chi connectivity index (χ0n) is 15.0. The van der Waals surface area contributed by atoms with Gasteiger partial charge in [-0.25, -0.2) is 4.68 Å². The average Bonchev–Trinajstić information content (AvgIpc) is 3.02. The third-order valence-corrected chi connectivity index (χ3v) is 4.73. The number of carbonyl (C=O) groups is 1. The summed E-state index contributed by atoms with van der Waals surface area (Å²) in [6.07, 6.45) is -3.03. The van der Waals surface area contributed by atoms with Crippen LogP contribution in [-0.2, 0) is 6.18 Å². The number of nitrogens with zero attached hydrogens (tertiary/aromatic N) is 2. The van der Waals surface area contributed by atoms with Crippen molar-refractivity contribution in [2.45, 2.75) is 32.5 Å². The highest BCUT2D eigenvalue weighted by molar-refractivity contribution is 5.95. The Bertz CT molecular complexity index is 806. The van der Waals surface area contributed by atoms with Crippen LogP contribution in [0.5, 0.6) is 0 Å². The maximum absolute atomic E-state index is 13.7. The number of piperidine rings is 1. The van der Waals surface area contributed by atoms with E-state index in [0.29, 0.717) is 17.7 Å². The van der Waals surface area contributed by atoms with Gasteiger partial charge >= 0.3 is 6.18 Å². The van der Waals surface area contributed by atoms with E-state index in [4.69, 9.17) is 0 Å². The molecule has 2 heterocycles. The van der Waals surface area contributed by atoms with E-state index in [1.54, 1.807) is 31.2 Å². The Morgan fingerprint density at radius 1 is 1.33 bits per heavy atom. The summed E-state index contributed by atoms with van der Waals surface area (Å²) >= 11 is 0. The molecule has 2 aromatic rings. The molecule has 1 amide bonds. The van der Waals surface area contributed by atoms with E-state index in [2.05, 4.69) is 15.7 Å². The molecule has 1 saturated heterocycles. The molecule has 1 aliphatic heterocycles. The van der Waals surface area contributed by atoms with Crippen LogP contribution >= 0.6 is 12.4 Å². The minimum Gasteiger partial charge on any atom is -0.349 e. The second kappa shape index (κ2) is 8.31. The molecule has 2 unspecified atom stereocenters. The molecule has 148 valence electrons. The van der Waals surface area contributed by atoms with E-state index in [1.807, 2.05) is 6.92 Å². The SMILES string of the molecule is Cc1ccccc1-n1ncc(C(=O)NC2CCNCC2C)c1C(F)(F)F.Cl. The molecule has 5 nitrogen and oxygen atoms in total. The monoisotopic (exact) mass is 402 g/mol. The Balaban J connectivity index is 0.00000261. The number of halogens is 4. The summed E-state index contributed by atoms with van der Waals surface area (Å²) in [6, 6.07) is 6.47. The van der Waals surface area contributed by atoms with Gasteiger partial charge in [-0.05, 0) is 44.0 Å². The third-order valence-electron chi connectivity index (χ3n) is 4.73. The first-order chi connectivity index (χ1) is 12.3. The number of aromatic nitrogens is 2. The molecule has 1 aliphatic rings. The lowest BCUT2D eigenvalue weighted by molar-refractivity contribution is -0.143. The maximum Gasteiger partial charge on any atom is 0.434 e. The lowest BCUT2D eigenvalue weighted by Crippen LogP contribution is -2.48. The number of hydrogen-bond acceptors (Lipinski definition) is 3. The van der Waals surface area contributed by atoms with Gasteiger partial charge in [0, 0.05) is 6.04 Å². The Hall–Kier alpha value is -2.06. The van der Waals surface area contributed by atoms with Crippen molar-refractivity contribution in [3.8, 4) is 5.69 Å².